The van der Waals surface area contributed by atoms with Crippen molar-refractivity contribution in [2.75, 3.05) is 25.6 Å². The molecule has 0 radical (unpaired) electrons. The predicted molar refractivity (Wildman–Crippen MR) is 141 cm³/mol. The van der Waals surface area contributed by atoms with Gasteiger partial charge in [-0.1, -0.05) is 0 Å². The van der Waals surface area contributed by atoms with Gasteiger partial charge in [-0.25, -0.2) is 9.97 Å². The Hall–Kier alpha value is -3.52. The third-order valence-corrected chi connectivity index (χ3v) is 7.90. The quantitative estimate of drug-likeness (QED) is 0.466. The van der Waals surface area contributed by atoms with Gasteiger partial charge in [-0.2, -0.15) is 5.26 Å². The van der Waals surface area contributed by atoms with Crippen LogP contribution < -0.4 is 20.1 Å². The Balaban J connectivity index is 0.00000294. The van der Waals surface area contributed by atoms with Crippen molar-refractivity contribution in [1.82, 2.24) is 20.3 Å². The van der Waals surface area contributed by atoms with Gasteiger partial charge >= 0.3 is 0 Å². The van der Waals surface area contributed by atoms with E-state index < -0.39 is 0 Å². The number of aryl methyl sites for hydroxylation is 1. The highest BCUT2D eigenvalue weighted by molar-refractivity contribution is 5.94. The summed E-state index contributed by atoms with van der Waals surface area (Å²) in [7, 11) is 1.58. The van der Waals surface area contributed by atoms with Crippen LogP contribution in [0.3, 0.4) is 0 Å². The number of nitriles is 1. The number of rotatable bonds is 7. The van der Waals surface area contributed by atoms with Crippen LogP contribution >= 0.6 is 12.4 Å². The number of halogens is 1. The summed E-state index contributed by atoms with van der Waals surface area (Å²) >= 11 is 0. The van der Waals surface area contributed by atoms with Gasteiger partial charge in [0.25, 0.3) is 5.91 Å². The summed E-state index contributed by atoms with van der Waals surface area (Å²) in [5.74, 6) is 1.39. The highest BCUT2D eigenvalue weighted by Crippen LogP contribution is 2.46. The maximum Gasteiger partial charge on any atom is 0.263 e. The summed E-state index contributed by atoms with van der Waals surface area (Å²) in [5, 5.41) is 16.2. The second-order valence-electron chi connectivity index (χ2n) is 10.1. The third kappa shape index (κ3) is 4.85. The monoisotopic (exact) mass is 536 g/mol. The zero-order valence-electron chi connectivity index (χ0n) is 21.1. The number of methoxy groups -OCH3 is 1. The number of hydrogen-bond donors (Lipinski definition) is 2. The van der Waals surface area contributed by atoms with Crippen LogP contribution in [0.1, 0.15) is 48.9 Å². The predicted octanol–water partition coefficient (Wildman–Crippen LogP) is 3.46. The Morgan fingerprint density at radius 1 is 1.18 bits per heavy atom. The first kappa shape index (κ1) is 26.1. The van der Waals surface area contributed by atoms with Gasteiger partial charge in [0.05, 0.1) is 41.6 Å². The molecule has 7 rings (SSSR count). The average Bonchev–Trinajstić information content (AvgIpc) is 2.95. The summed E-state index contributed by atoms with van der Waals surface area (Å²) in [6.45, 7) is 1.24. The SMILES string of the molecule is COc1ccc2ncc(C#N)c(CCC34CCC(NCc5ccc6c(n5)NC(=O)CO6)(CC3)CO4)c2n1.Cl. The topological polar surface area (TPSA) is 131 Å². The number of aromatic nitrogens is 3. The zero-order chi connectivity index (χ0) is 25.5. The fourth-order valence-corrected chi connectivity index (χ4v) is 5.61. The molecule has 38 heavy (non-hydrogen) atoms. The zero-order valence-corrected chi connectivity index (χ0v) is 21.9. The highest BCUT2D eigenvalue weighted by atomic mass is 35.5. The van der Waals surface area contributed by atoms with Crippen LogP contribution in [0.15, 0.2) is 30.5 Å². The van der Waals surface area contributed by atoms with E-state index >= 15 is 0 Å². The van der Waals surface area contributed by atoms with Crippen LogP contribution in [-0.2, 0) is 22.5 Å². The molecule has 198 valence electrons. The number of hydrogen-bond acceptors (Lipinski definition) is 9. The number of carbonyl (C=O) groups excluding carboxylic acids is 1. The molecular formula is C27H29ClN6O4. The second kappa shape index (κ2) is 10.3. The van der Waals surface area contributed by atoms with Crippen molar-refractivity contribution in [3.63, 3.8) is 0 Å². The largest absolute Gasteiger partial charge is 0.481 e. The molecule has 3 aromatic rings. The molecule has 10 nitrogen and oxygen atoms in total. The lowest BCUT2D eigenvalue weighted by molar-refractivity contribution is -0.165. The van der Waals surface area contributed by atoms with Crippen molar-refractivity contribution in [2.45, 2.75) is 56.2 Å². The Morgan fingerprint density at radius 3 is 2.76 bits per heavy atom. The standard InChI is InChI=1S/C27H28N6O4.ClH/c1-35-23-5-3-20-24(33-23)19(17(12-28)13-29-20)6-7-27-10-8-26(9-11-27,16-37-27)30-14-18-2-4-21-25(31-18)32-22(34)15-36-21;/h2-5,13,30H,6-11,14-16H2,1H3,(H,31,32,34);1H. The Labute approximate surface area is 226 Å². The van der Waals surface area contributed by atoms with E-state index in [2.05, 4.69) is 31.7 Å². The fourth-order valence-electron chi connectivity index (χ4n) is 5.61. The molecule has 2 N–H and O–H groups in total. The van der Waals surface area contributed by atoms with Crippen LogP contribution in [0.2, 0.25) is 0 Å². The van der Waals surface area contributed by atoms with E-state index in [1.165, 1.54) is 0 Å². The maximum absolute atomic E-state index is 11.6. The number of carbonyl (C=O) groups is 1. The molecule has 1 aliphatic carbocycles. The number of nitrogens with one attached hydrogen (secondary N) is 2. The van der Waals surface area contributed by atoms with Gasteiger partial charge in [0.2, 0.25) is 5.88 Å². The molecule has 3 fully saturated rings. The van der Waals surface area contributed by atoms with Gasteiger partial charge in [-0.05, 0) is 62.3 Å². The third-order valence-electron chi connectivity index (χ3n) is 7.90. The minimum atomic E-state index is -0.198. The van der Waals surface area contributed by atoms with E-state index in [1.807, 2.05) is 18.2 Å². The van der Waals surface area contributed by atoms with E-state index in [0.29, 0.717) is 42.6 Å². The van der Waals surface area contributed by atoms with Gasteiger partial charge in [0, 0.05) is 24.3 Å². The van der Waals surface area contributed by atoms with Crippen LogP contribution in [-0.4, -0.2) is 52.3 Å². The van der Waals surface area contributed by atoms with E-state index in [0.717, 1.165) is 54.4 Å². The maximum atomic E-state index is 11.6. The highest BCUT2D eigenvalue weighted by Gasteiger charge is 2.49. The molecule has 1 saturated carbocycles. The van der Waals surface area contributed by atoms with E-state index in [1.54, 1.807) is 19.4 Å². The smallest absolute Gasteiger partial charge is 0.263 e. The molecule has 2 bridgehead atoms. The molecule has 1 amide bonds. The minimum Gasteiger partial charge on any atom is -0.481 e. The van der Waals surface area contributed by atoms with Gasteiger partial charge in [-0.15, -0.1) is 12.4 Å². The van der Waals surface area contributed by atoms with Crippen molar-refractivity contribution in [1.29, 1.82) is 5.26 Å². The molecule has 4 aliphatic rings. The molecule has 0 atom stereocenters. The molecule has 0 unspecified atom stereocenters. The number of pyridine rings is 3. The summed E-state index contributed by atoms with van der Waals surface area (Å²) < 4.78 is 17.2. The fraction of sp³-hybridized carbons (Fsp3) is 0.444. The Kier molecular flexibility index (Phi) is 7.09. The normalized spacial score (nSPS) is 23.5. The molecule has 3 aliphatic heterocycles. The van der Waals surface area contributed by atoms with Crippen molar-refractivity contribution in [3.05, 3.63) is 47.3 Å². The van der Waals surface area contributed by atoms with Crippen molar-refractivity contribution in [3.8, 4) is 17.7 Å². The summed E-state index contributed by atoms with van der Waals surface area (Å²) in [5.41, 5.74) is 3.48. The van der Waals surface area contributed by atoms with Crippen molar-refractivity contribution >= 4 is 35.2 Å². The van der Waals surface area contributed by atoms with Gasteiger partial charge < -0.3 is 24.8 Å². The number of nitrogens with zero attached hydrogens (tertiary/aromatic N) is 4. The number of anilines is 1. The molecule has 6 heterocycles. The van der Waals surface area contributed by atoms with E-state index in [-0.39, 0.29) is 36.1 Å². The van der Waals surface area contributed by atoms with E-state index in [9.17, 15) is 10.1 Å². The van der Waals surface area contributed by atoms with Gasteiger partial charge in [0.15, 0.2) is 18.2 Å². The summed E-state index contributed by atoms with van der Waals surface area (Å²) in [6.07, 6.45) is 7.05. The van der Waals surface area contributed by atoms with Crippen molar-refractivity contribution in [2.24, 2.45) is 0 Å². The number of amides is 1. The molecule has 2 saturated heterocycles. The van der Waals surface area contributed by atoms with Crippen LogP contribution in [0, 0.1) is 11.3 Å². The first-order chi connectivity index (χ1) is 18.0. The summed E-state index contributed by atoms with van der Waals surface area (Å²) in [6, 6.07) is 9.71. The molecule has 0 aromatic carbocycles. The average molecular weight is 537 g/mol. The first-order valence-corrected chi connectivity index (χ1v) is 12.5. The Bertz CT molecular complexity index is 1400. The molecular weight excluding hydrogens is 508 g/mol. The lowest BCUT2D eigenvalue weighted by atomic mass is 9.69. The second-order valence-corrected chi connectivity index (χ2v) is 10.1. The van der Waals surface area contributed by atoms with Crippen LogP contribution in [0.4, 0.5) is 5.82 Å². The lowest BCUT2D eigenvalue weighted by Gasteiger charge is -2.53. The van der Waals surface area contributed by atoms with E-state index in [4.69, 9.17) is 14.2 Å². The Morgan fingerprint density at radius 2 is 2.03 bits per heavy atom. The van der Waals surface area contributed by atoms with Crippen LogP contribution in [0.25, 0.3) is 11.0 Å². The molecule has 0 spiro atoms. The summed E-state index contributed by atoms with van der Waals surface area (Å²) in [4.78, 5) is 25.2. The number of fused-ring (bicyclic) bond motifs is 5. The lowest BCUT2D eigenvalue weighted by Crippen LogP contribution is -2.61. The minimum absolute atomic E-state index is 0. The van der Waals surface area contributed by atoms with Crippen LogP contribution in [0.5, 0.6) is 11.6 Å². The first-order valence-electron chi connectivity index (χ1n) is 12.5. The van der Waals surface area contributed by atoms with Gasteiger partial charge in [0.1, 0.15) is 6.07 Å². The number of ether oxygens (including phenoxy) is 3. The molecule has 3 aromatic heterocycles. The van der Waals surface area contributed by atoms with Crippen molar-refractivity contribution < 1.29 is 19.0 Å². The molecule has 11 heteroatoms. The van der Waals surface area contributed by atoms with Gasteiger partial charge in [-0.3, -0.25) is 9.78 Å².